The van der Waals surface area contributed by atoms with Crippen LogP contribution in [0.4, 0.5) is 0 Å². The molecular weight excluding hydrogens is 308 g/mol. The van der Waals surface area contributed by atoms with Gasteiger partial charge in [0.15, 0.2) is 0 Å². The van der Waals surface area contributed by atoms with E-state index in [-0.39, 0.29) is 6.04 Å². The summed E-state index contributed by atoms with van der Waals surface area (Å²) in [5.74, 6) is 0.967. The lowest BCUT2D eigenvalue weighted by atomic mass is 10.1. The molecule has 2 aromatic heterocycles. The van der Waals surface area contributed by atoms with E-state index in [1.165, 1.54) is 28.1 Å². The van der Waals surface area contributed by atoms with Gasteiger partial charge in [0, 0.05) is 23.8 Å². The molecule has 3 heteroatoms. The fourth-order valence-electron chi connectivity index (χ4n) is 3.92. The lowest BCUT2D eigenvalue weighted by Crippen LogP contribution is -2.20. The molecule has 124 valence electrons. The predicted molar refractivity (Wildman–Crippen MR) is 100 cm³/mol. The van der Waals surface area contributed by atoms with Gasteiger partial charge in [0.05, 0.1) is 5.69 Å². The normalized spacial score (nSPS) is 16.5. The predicted octanol–water partition coefficient (Wildman–Crippen LogP) is 5.03. The van der Waals surface area contributed by atoms with E-state index >= 15 is 0 Å². The third-order valence-corrected chi connectivity index (χ3v) is 5.25. The average Bonchev–Trinajstić information content (AvgIpc) is 3.22. The maximum Gasteiger partial charge on any atom is 0.137 e. The van der Waals surface area contributed by atoms with Crippen LogP contribution in [0.25, 0.3) is 16.7 Å². The highest BCUT2D eigenvalue weighted by Gasteiger charge is 2.26. The van der Waals surface area contributed by atoms with Gasteiger partial charge in [0.2, 0.25) is 0 Å². The highest BCUT2D eigenvalue weighted by molar-refractivity contribution is 5.81. The zero-order valence-corrected chi connectivity index (χ0v) is 14.4. The van der Waals surface area contributed by atoms with Gasteiger partial charge in [-0.15, -0.1) is 0 Å². The molecule has 0 fully saturated rings. The topological polar surface area (TPSA) is 30.1 Å². The summed E-state index contributed by atoms with van der Waals surface area (Å²) >= 11 is 0. The number of rotatable bonds is 1. The minimum atomic E-state index is 0.0357. The van der Waals surface area contributed by atoms with Gasteiger partial charge in [-0.2, -0.15) is 0 Å². The second-order valence-corrected chi connectivity index (χ2v) is 6.83. The van der Waals surface area contributed by atoms with Crippen LogP contribution >= 0.6 is 0 Å². The molecule has 0 bridgehead atoms. The second kappa shape index (κ2) is 5.36. The molecule has 0 saturated carbocycles. The molecular formula is C22H20N2O. The van der Waals surface area contributed by atoms with Gasteiger partial charge >= 0.3 is 0 Å². The number of aryl methyl sites for hydroxylation is 2. The molecule has 25 heavy (non-hydrogen) atoms. The molecule has 0 saturated heterocycles. The molecule has 5 rings (SSSR count). The molecule has 3 nitrogen and oxygen atoms in total. The highest BCUT2D eigenvalue weighted by atomic mass is 16.3. The summed E-state index contributed by atoms with van der Waals surface area (Å²) < 4.78 is 8.56. The molecule has 0 aliphatic carbocycles. The largest absolute Gasteiger partial charge is 0.459 e. The maximum atomic E-state index is 6.27. The van der Waals surface area contributed by atoms with Crippen LogP contribution in [0.1, 0.15) is 34.2 Å². The quantitative estimate of drug-likeness (QED) is 0.531. The number of nitrogens with one attached hydrogen (secondary N) is 1. The Labute approximate surface area is 146 Å². The number of hydrogen-bond donors (Lipinski definition) is 1. The van der Waals surface area contributed by atoms with Gasteiger partial charge < -0.3 is 8.98 Å². The van der Waals surface area contributed by atoms with Crippen LogP contribution in [-0.4, -0.2) is 4.57 Å². The molecule has 0 amide bonds. The van der Waals surface area contributed by atoms with E-state index < -0.39 is 0 Å². The van der Waals surface area contributed by atoms with Crippen molar-refractivity contribution in [3.8, 4) is 5.69 Å². The summed E-state index contributed by atoms with van der Waals surface area (Å²) in [7, 11) is 0. The Bertz CT molecular complexity index is 1090. The van der Waals surface area contributed by atoms with Crippen LogP contribution in [0.5, 0.6) is 0 Å². The molecule has 2 aromatic carbocycles. The zero-order valence-electron chi connectivity index (χ0n) is 14.4. The highest BCUT2D eigenvalue weighted by Crippen LogP contribution is 2.34. The van der Waals surface area contributed by atoms with Crippen molar-refractivity contribution in [1.29, 1.82) is 0 Å². The van der Waals surface area contributed by atoms with Gasteiger partial charge in [-0.05, 0) is 54.8 Å². The Balaban J connectivity index is 1.69. The Morgan fingerprint density at radius 3 is 2.72 bits per heavy atom. The molecule has 1 unspecified atom stereocenters. The second-order valence-electron chi connectivity index (χ2n) is 6.83. The van der Waals surface area contributed by atoms with Crippen LogP contribution < -0.4 is 5.32 Å². The first-order valence-corrected chi connectivity index (χ1v) is 8.71. The first kappa shape index (κ1) is 14.6. The zero-order chi connectivity index (χ0) is 17.0. The smallest absolute Gasteiger partial charge is 0.137 e. The Kier molecular flexibility index (Phi) is 3.12. The standard InChI is InChI=1S/C22H20N2O/c1-14-6-4-9-18-17(14)13-23-21(19-10-5-11-24(18)19)20-12-16-8-3-7-15(2)22(16)25-20/h3-12,21,23H,13H2,1-2H3. The summed E-state index contributed by atoms with van der Waals surface area (Å²) in [5.41, 5.74) is 7.27. The summed E-state index contributed by atoms with van der Waals surface area (Å²) in [5, 5.41) is 4.86. The van der Waals surface area contributed by atoms with Gasteiger partial charge in [-0.3, -0.25) is 5.32 Å². The lowest BCUT2D eigenvalue weighted by Gasteiger charge is -2.15. The van der Waals surface area contributed by atoms with Crippen molar-refractivity contribution in [2.24, 2.45) is 0 Å². The molecule has 4 aromatic rings. The van der Waals surface area contributed by atoms with Crippen molar-refractivity contribution in [1.82, 2.24) is 9.88 Å². The van der Waals surface area contributed by atoms with Crippen molar-refractivity contribution in [2.45, 2.75) is 26.4 Å². The van der Waals surface area contributed by atoms with Crippen molar-refractivity contribution >= 4 is 11.0 Å². The number of furan rings is 1. The first-order chi connectivity index (χ1) is 12.2. The van der Waals surface area contributed by atoms with Crippen molar-refractivity contribution in [2.75, 3.05) is 0 Å². The number of fused-ring (bicyclic) bond motifs is 4. The van der Waals surface area contributed by atoms with Crippen LogP contribution in [0.3, 0.4) is 0 Å². The molecule has 0 spiro atoms. The first-order valence-electron chi connectivity index (χ1n) is 8.71. The minimum absolute atomic E-state index is 0.0357. The summed E-state index contributed by atoms with van der Waals surface area (Å²) in [6, 6.07) is 19.3. The van der Waals surface area contributed by atoms with Gasteiger partial charge in [0.1, 0.15) is 17.4 Å². The van der Waals surface area contributed by atoms with Crippen molar-refractivity contribution in [3.05, 3.63) is 88.9 Å². The van der Waals surface area contributed by atoms with E-state index in [0.29, 0.717) is 0 Å². The van der Waals surface area contributed by atoms with Crippen LogP contribution in [0.15, 0.2) is 65.2 Å². The molecule has 1 aliphatic heterocycles. The van der Waals surface area contributed by atoms with Crippen LogP contribution in [-0.2, 0) is 6.54 Å². The molecule has 0 radical (unpaired) electrons. The number of hydrogen-bond acceptors (Lipinski definition) is 2. The number of para-hydroxylation sites is 1. The van der Waals surface area contributed by atoms with Crippen molar-refractivity contribution < 1.29 is 4.42 Å². The molecule has 3 heterocycles. The minimum Gasteiger partial charge on any atom is -0.459 e. The Morgan fingerprint density at radius 1 is 1.00 bits per heavy atom. The van der Waals surface area contributed by atoms with E-state index in [4.69, 9.17) is 4.42 Å². The van der Waals surface area contributed by atoms with E-state index in [9.17, 15) is 0 Å². The van der Waals surface area contributed by atoms with Crippen molar-refractivity contribution in [3.63, 3.8) is 0 Å². The number of aromatic nitrogens is 1. The van der Waals surface area contributed by atoms with Gasteiger partial charge in [0.25, 0.3) is 0 Å². The Hall–Kier alpha value is -2.78. The van der Waals surface area contributed by atoms with E-state index in [2.05, 4.69) is 84.5 Å². The third kappa shape index (κ3) is 2.16. The van der Waals surface area contributed by atoms with E-state index in [1.54, 1.807) is 0 Å². The molecule has 1 aliphatic rings. The monoisotopic (exact) mass is 328 g/mol. The molecule has 1 atom stereocenters. The summed E-state index contributed by atoms with van der Waals surface area (Å²) in [6.45, 7) is 5.09. The number of benzene rings is 2. The van der Waals surface area contributed by atoms with E-state index in [0.717, 1.165) is 23.3 Å². The molecule has 1 N–H and O–H groups in total. The number of nitrogens with zero attached hydrogens (tertiary/aromatic N) is 1. The van der Waals surface area contributed by atoms with Gasteiger partial charge in [-0.1, -0.05) is 30.3 Å². The average molecular weight is 328 g/mol. The fraction of sp³-hybridized carbons (Fsp3) is 0.182. The van der Waals surface area contributed by atoms with Crippen LogP contribution in [0, 0.1) is 13.8 Å². The SMILES string of the molecule is Cc1cccc2c1CNC(c1cc3cccc(C)c3o1)c1cccn1-2. The van der Waals surface area contributed by atoms with E-state index in [1.807, 2.05) is 0 Å². The summed E-state index contributed by atoms with van der Waals surface area (Å²) in [6.07, 6.45) is 2.14. The Morgan fingerprint density at radius 2 is 1.84 bits per heavy atom. The lowest BCUT2D eigenvalue weighted by molar-refractivity contribution is 0.464. The third-order valence-electron chi connectivity index (χ3n) is 5.25. The van der Waals surface area contributed by atoms with Crippen LogP contribution in [0.2, 0.25) is 0 Å². The van der Waals surface area contributed by atoms with Gasteiger partial charge in [-0.25, -0.2) is 0 Å². The summed E-state index contributed by atoms with van der Waals surface area (Å²) in [4.78, 5) is 0. The maximum absolute atomic E-state index is 6.27. The fourth-order valence-corrected chi connectivity index (χ4v) is 3.92.